The Morgan fingerprint density at radius 2 is 2.12 bits per heavy atom. The van der Waals surface area contributed by atoms with Crippen molar-refractivity contribution in [2.24, 2.45) is 0 Å². The Kier molecular flexibility index (Phi) is 3.52. The topological polar surface area (TPSA) is 59.5 Å². The van der Waals surface area contributed by atoms with Crippen LogP contribution in [0.3, 0.4) is 0 Å². The summed E-state index contributed by atoms with van der Waals surface area (Å²) in [5, 5.41) is 12.5. The number of nitro groups is 1. The highest BCUT2D eigenvalue weighted by atomic mass is 19.4. The van der Waals surface area contributed by atoms with Gasteiger partial charge in [-0.1, -0.05) is 0 Å². The van der Waals surface area contributed by atoms with Gasteiger partial charge in [0.15, 0.2) is 5.69 Å². The number of nitrogens with one attached hydrogen (secondary N) is 1. The maximum absolute atomic E-state index is 12.0. The number of nitrogens with zero attached hydrogens (tertiary/aromatic N) is 2. The van der Waals surface area contributed by atoms with Crippen LogP contribution in [0.4, 0.5) is 30.2 Å². The van der Waals surface area contributed by atoms with Crippen molar-refractivity contribution in [1.82, 2.24) is 0 Å². The molecule has 0 aliphatic carbocycles. The van der Waals surface area contributed by atoms with Crippen LogP contribution < -0.4 is 5.32 Å². The van der Waals surface area contributed by atoms with E-state index in [1.165, 1.54) is 6.07 Å². The minimum atomic E-state index is -4.48. The minimum absolute atomic E-state index is 0.0280. The summed E-state index contributed by atoms with van der Waals surface area (Å²) in [6.07, 6.45) is -4.48. The Morgan fingerprint density at radius 3 is 2.59 bits per heavy atom. The van der Waals surface area contributed by atoms with Gasteiger partial charge in [-0.3, -0.25) is 10.1 Å². The predicted molar refractivity (Wildman–Crippen MR) is 53.9 cm³/mol. The average Bonchev–Trinajstić information content (AvgIpc) is 2.24. The second kappa shape index (κ2) is 4.69. The van der Waals surface area contributed by atoms with Crippen molar-refractivity contribution < 1.29 is 18.1 Å². The lowest BCUT2D eigenvalue weighted by Gasteiger charge is -2.09. The fraction of sp³-hybridized carbons (Fsp3) is 0.222. The molecule has 0 unspecified atom stereocenters. The van der Waals surface area contributed by atoms with Gasteiger partial charge in [-0.2, -0.15) is 13.2 Å². The summed E-state index contributed by atoms with van der Waals surface area (Å²) < 4.78 is 35.9. The van der Waals surface area contributed by atoms with Crippen LogP contribution in [0.25, 0.3) is 4.85 Å². The predicted octanol–water partition coefficient (Wildman–Crippen LogP) is 3.12. The molecule has 0 atom stereocenters. The molecule has 0 saturated heterocycles. The summed E-state index contributed by atoms with van der Waals surface area (Å²) in [7, 11) is 0. The van der Waals surface area contributed by atoms with Crippen LogP contribution >= 0.6 is 0 Å². The van der Waals surface area contributed by atoms with Crippen LogP contribution in [0.15, 0.2) is 18.2 Å². The van der Waals surface area contributed by atoms with Crippen LogP contribution in [-0.4, -0.2) is 17.6 Å². The molecule has 17 heavy (non-hydrogen) atoms. The zero-order chi connectivity index (χ0) is 13.1. The van der Waals surface area contributed by atoms with Crippen molar-refractivity contribution in [3.8, 4) is 0 Å². The highest BCUT2D eigenvalue weighted by Gasteiger charge is 2.28. The van der Waals surface area contributed by atoms with Crippen molar-refractivity contribution in [2.75, 3.05) is 11.9 Å². The van der Waals surface area contributed by atoms with Gasteiger partial charge in [0.1, 0.15) is 12.2 Å². The number of alkyl halides is 3. The lowest BCUT2D eigenvalue weighted by Crippen LogP contribution is -2.21. The SMILES string of the molecule is [C-]#[N+]c1ccc([N+](=O)[O-])c(NCC(F)(F)F)c1. The molecule has 0 bridgehead atoms. The van der Waals surface area contributed by atoms with E-state index in [-0.39, 0.29) is 11.4 Å². The van der Waals surface area contributed by atoms with Crippen molar-refractivity contribution >= 4 is 17.1 Å². The summed E-state index contributed by atoms with van der Waals surface area (Å²) in [6, 6.07) is 3.17. The molecule has 0 aliphatic heterocycles. The molecule has 0 amide bonds. The van der Waals surface area contributed by atoms with E-state index < -0.39 is 23.3 Å². The molecular weight excluding hydrogens is 239 g/mol. The molecule has 0 aromatic heterocycles. The molecule has 0 radical (unpaired) electrons. The van der Waals surface area contributed by atoms with Crippen molar-refractivity contribution in [3.63, 3.8) is 0 Å². The molecule has 0 spiro atoms. The highest BCUT2D eigenvalue weighted by Crippen LogP contribution is 2.30. The first-order chi connectivity index (χ1) is 7.83. The van der Waals surface area contributed by atoms with Crippen LogP contribution in [-0.2, 0) is 0 Å². The normalized spacial score (nSPS) is 10.7. The van der Waals surface area contributed by atoms with Crippen molar-refractivity contribution in [1.29, 1.82) is 0 Å². The van der Waals surface area contributed by atoms with Crippen LogP contribution in [0.2, 0.25) is 0 Å². The third kappa shape index (κ3) is 3.64. The Hall–Kier alpha value is -2.30. The lowest BCUT2D eigenvalue weighted by molar-refractivity contribution is -0.384. The Balaban J connectivity index is 3.02. The number of rotatable bonds is 3. The second-order valence-electron chi connectivity index (χ2n) is 3.04. The second-order valence-corrected chi connectivity index (χ2v) is 3.04. The molecule has 0 fully saturated rings. The van der Waals surface area contributed by atoms with Crippen LogP contribution in [0, 0.1) is 16.7 Å². The van der Waals surface area contributed by atoms with Crippen LogP contribution in [0.1, 0.15) is 0 Å². The van der Waals surface area contributed by atoms with Crippen molar-refractivity contribution in [2.45, 2.75) is 6.18 Å². The largest absolute Gasteiger partial charge is 0.405 e. The van der Waals surface area contributed by atoms with E-state index in [9.17, 15) is 23.3 Å². The number of nitro benzene ring substituents is 1. The Labute approximate surface area is 93.8 Å². The molecule has 1 aromatic carbocycles. The minimum Gasteiger partial charge on any atom is -0.372 e. The van der Waals surface area contributed by atoms with E-state index in [0.717, 1.165) is 12.1 Å². The Morgan fingerprint density at radius 1 is 1.47 bits per heavy atom. The molecule has 1 rings (SSSR count). The standard InChI is InChI=1S/C9H6F3N3O2/c1-13-6-2-3-8(15(16)17)7(4-6)14-5-9(10,11)12/h2-4,14H,5H2. The third-order valence-corrected chi connectivity index (χ3v) is 1.79. The summed E-state index contributed by atoms with van der Waals surface area (Å²) >= 11 is 0. The first-order valence-corrected chi connectivity index (χ1v) is 4.30. The van der Waals surface area contributed by atoms with Gasteiger partial charge in [0.05, 0.1) is 11.5 Å². The molecule has 1 N–H and O–H groups in total. The molecule has 5 nitrogen and oxygen atoms in total. The van der Waals surface area contributed by atoms with E-state index in [1.54, 1.807) is 0 Å². The molecule has 0 aliphatic rings. The lowest BCUT2D eigenvalue weighted by atomic mass is 10.2. The molecule has 0 saturated carbocycles. The van der Waals surface area contributed by atoms with E-state index in [2.05, 4.69) is 4.85 Å². The zero-order valence-electron chi connectivity index (χ0n) is 8.28. The van der Waals surface area contributed by atoms with E-state index >= 15 is 0 Å². The Bertz CT molecular complexity index is 479. The number of hydrogen-bond acceptors (Lipinski definition) is 3. The fourth-order valence-corrected chi connectivity index (χ4v) is 1.09. The summed E-state index contributed by atoms with van der Waals surface area (Å²) in [5.41, 5.74) is -0.789. The summed E-state index contributed by atoms with van der Waals surface area (Å²) in [4.78, 5) is 12.7. The number of anilines is 1. The van der Waals surface area contributed by atoms with Gasteiger partial charge in [-0.15, -0.1) is 0 Å². The van der Waals surface area contributed by atoms with Crippen LogP contribution in [0.5, 0.6) is 0 Å². The van der Waals surface area contributed by atoms with Gasteiger partial charge in [0, 0.05) is 6.07 Å². The molecular formula is C9H6F3N3O2. The van der Waals surface area contributed by atoms with E-state index in [1.807, 2.05) is 5.32 Å². The first-order valence-electron chi connectivity index (χ1n) is 4.30. The number of hydrogen-bond donors (Lipinski definition) is 1. The molecule has 8 heteroatoms. The highest BCUT2D eigenvalue weighted by molar-refractivity contribution is 5.68. The van der Waals surface area contributed by atoms with Gasteiger partial charge in [-0.25, -0.2) is 4.85 Å². The van der Waals surface area contributed by atoms with Gasteiger partial charge in [0.25, 0.3) is 5.69 Å². The monoisotopic (exact) mass is 245 g/mol. The van der Waals surface area contributed by atoms with Gasteiger partial charge >= 0.3 is 6.18 Å². The fourth-order valence-electron chi connectivity index (χ4n) is 1.09. The maximum Gasteiger partial charge on any atom is 0.405 e. The third-order valence-electron chi connectivity index (χ3n) is 1.79. The smallest absolute Gasteiger partial charge is 0.372 e. The van der Waals surface area contributed by atoms with E-state index in [4.69, 9.17) is 6.57 Å². The average molecular weight is 245 g/mol. The quantitative estimate of drug-likeness (QED) is 0.505. The number of benzene rings is 1. The first kappa shape index (κ1) is 12.8. The summed E-state index contributed by atoms with van der Waals surface area (Å²) in [6.45, 7) is 5.28. The molecule has 90 valence electrons. The zero-order valence-corrected chi connectivity index (χ0v) is 8.28. The maximum atomic E-state index is 12.0. The van der Waals surface area contributed by atoms with Gasteiger partial charge in [0.2, 0.25) is 0 Å². The molecule has 0 heterocycles. The molecule has 1 aromatic rings. The number of halogens is 3. The van der Waals surface area contributed by atoms with Gasteiger partial charge in [-0.05, 0) is 12.1 Å². The van der Waals surface area contributed by atoms with Gasteiger partial charge < -0.3 is 5.32 Å². The van der Waals surface area contributed by atoms with Crippen molar-refractivity contribution in [3.05, 3.63) is 39.7 Å². The van der Waals surface area contributed by atoms with E-state index in [0.29, 0.717) is 0 Å². The summed E-state index contributed by atoms with van der Waals surface area (Å²) in [5.74, 6) is 0.